The Hall–Kier alpha value is -1.63. The lowest BCUT2D eigenvalue weighted by atomic mass is 9.84. The topological polar surface area (TPSA) is 95.9 Å². The average Bonchev–Trinajstić information content (AvgIpc) is 2.93. The quantitative estimate of drug-likeness (QED) is 0.705. The van der Waals surface area contributed by atoms with Gasteiger partial charge < -0.3 is 14.7 Å². The van der Waals surface area contributed by atoms with Crippen LogP contribution in [0.1, 0.15) is 52.9 Å². The summed E-state index contributed by atoms with van der Waals surface area (Å²) in [4.78, 5) is 37.8. The lowest BCUT2D eigenvalue weighted by molar-refractivity contribution is -0.151. The highest BCUT2D eigenvalue weighted by atomic mass is 16.5. The average molecular weight is 340 g/mol. The minimum absolute atomic E-state index is 0.00880. The van der Waals surface area contributed by atoms with Gasteiger partial charge in [0.25, 0.3) is 0 Å². The Morgan fingerprint density at radius 1 is 1.21 bits per heavy atom. The predicted octanol–water partition coefficient (Wildman–Crippen LogP) is 1.16. The van der Waals surface area contributed by atoms with Gasteiger partial charge in [-0.05, 0) is 46.0 Å². The number of carboxylic acid groups (broad SMARTS) is 1. The van der Waals surface area contributed by atoms with Gasteiger partial charge in [0.15, 0.2) is 0 Å². The molecule has 0 aromatic heterocycles. The molecule has 136 valence electrons. The number of carbonyl (C=O) groups is 3. The van der Waals surface area contributed by atoms with Gasteiger partial charge in [0, 0.05) is 6.04 Å². The van der Waals surface area contributed by atoms with Crippen molar-refractivity contribution in [1.29, 1.82) is 0 Å². The summed E-state index contributed by atoms with van der Waals surface area (Å²) in [5, 5.41) is 12.5. The lowest BCUT2D eigenvalue weighted by Crippen LogP contribution is -2.55. The van der Waals surface area contributed by atoms with Crippen LogP contribution in [0.4, 0.5) is 0 Å². The van der Waals surface area contributed by atoms with Gasteiger partial charge in [0.05, 0.1) is 12.6 Å². The third-order valence-corrected chi connectivity index (χ3v) is 5.14. The number of ether oxygens (including phenoxy) is 1. The zero-order chi connectivity index (χ0) is 17.9. The van der Waals surface area contributed by atoms with Gasteiger partial charge in [0.1, 0.15) is 12.1 Å². The SMILES string of the molecule is CCOC(=O)[C@@H](C)N[C@H](C)C(=O)N1[C@H](C(=O)O)C[C@@H]2CCCC[C@@H]21. The molecule has 5 atom stereocenters. The van der Waals surface area contributed by atoms with Crippen LogP contribution in [-0.2, 0) is 19.1 Å². The Bertz CT molecular complexity index is 495. The van der Waals surface area contributed by atoms with Crippen LogP contribution in [0, 0.1) is 5.92 Å². The second-order valence-corrected chi connectivity index (χ2v) is 6.81. The summed E-state index contributed by atoms with van der Waals surface area (Å²) in [7, 11) is 0. The van der Waals surface area contributed by atoms with Crippen LogP contribution in [0.15, 0.2) is 0 Å². The molecule has 0 radical (unpaired) electrons. The molecule has 2 N–H and O–H groups in total. The zero-order valence-corrected chi connectivity index (χ0v) is 14.7. The Labute approximate surface area is 142 Å². The largest absolute Gasteiger partial charge is 0.480 e. The van der Waals surface area contributed by atoms with Crippen LogP contribution in [0.5, 0.6) is 0 Å². The van der Waals surface area contributed by atoms with E-state index >= 15 is 0 Å². The summed E-state index contributed by atoms with van der Waals surface area (Å²) in [6, 6.07) is -1.99. The van der Waals surface area contributed by atoms with Gasteiger partial charge in [-0.15, -0.1) is 0 Å². The Morgan fingerprint density at radius 2 is 1.88 bits per heavy atom. The van der Waals surface area contributed by atoms with Crippen molar-refractivity contribution in [2.45, 2.75) is 77.0 Å². The van der Waals surface area contributed by atoms with E-state index < -0.39 is 30.1 Å². The fourth-order valence-electron chi connectivity index (χ4n) is 4.00. The number of fused-ring (bicyclic) bond motifs is 1. The molecule has 0 bridgehead atoms. The van der Waals surface area contributed by atoms with Crippen LogP contribution in [0.2, 0.25) is 0 Å². The summed E-state index contributed by atoms with van der Waals surface area (Å²) in [6.45, 7) is 5.32. The molecule has 1 saturated carbocycles. The monoisotopic (exact) mass is 340 g/mol. The van der Waals surface area contributed by atoms with Crippen LogP contribution in [-0.4, -0.2) is 58.6 Å². The molecule has 0 aromatic rings. The molecule has 0 spiro atoms. The van der Waals surface area contributed by atoms with E-state index in [2.05, 4.69) is 5.32 Å². The number of carboxylic acids is 1. The molecular weight excluding hydrogens is 312 g/mol. The summed E-state index contributed by atoms with van der Waals surface area (Å²) in [5.74, 6) is -1.32. The zero-order valence-electron chi connectivity index (χ0n) is 14.7. The fourth-order valence-corrected chi connectivity index (χ4v) is 4.00. The van der Waals surface area contributed by atoms with Crippen molar-refractivity contribution in [1.82, 2.24) is 10.2 Å². The maximum absolute atomic E-state index is 12.9. The van der Waals surface area contributed by atoms with Crippen molar-refractivity contribution in [3.05, 3.63) is 0 Å². The van der Waals surface area contributed by atoms with Crippen molar-refractivity contribution < 1.29 is 24.2 Å². The Morgan fingerprint density at radius 3 is 2.50 bits per heavy atom. The van der Waals surface area contributed by atoms with E-state index in [1.165, 1.54) is 0 Å². The highest BCUT2D eigenvalue weighted by molar-refractivity contribution is 5.88. The van der Waals surface area contributed by atoms with Gasteiger partial charge in [-0.2, -0.15) is 0 Å². The molecule has 1 saturated heterocycles. The molecule has 0 unspecified atom stereocenters. The molecule has 2 fully saturated rings. The number of hydrogen-bond acceptors (Lipinski definition) is 5. The van der Waals surface area contributed by atoms with E-state index in [1.54, 1.807) is 25.7 Å². The number of nitrogens with one attached hydrogen (secondary N) is 1. The maximum Gasteiger partial charge on any atom is 0.326 e. The molecule has 1 heterocycles. The lowest BCUT2D eigenvalue weighted by Gasteiger charge is -2.35. The second-order valence-electron chi connectivity index (χ2n) is 6.81. The smallest absolute Gasteiger partial charge is 0.326 e. The highest BCUT2D eigenvalue weighted by Crippen LogP contribution is 2.40. The minimum atomic E-state index is -0.941. The molecule has 0 aromatic carbocycles. The number of amides is 1. The van der Waals surface area contributed by atoms with Crippen LogP contribution >= 0.6 is 0 Å². The van der Waals surface area contributed by atoms with Crippen LogP contribution < -0.4 is 5.32 Å². The summed E-state index contributed by atoms with van der Waals surface area (Å²) in [5.41, 5.74) is 0. The second kappa shape index (κ2) is 7.96. The van der Waals surface area contributed by atoms with Gasteiger partial charge in [-0.3, -0.25) is 14.9 Å². The van der Waals surface area contributed by atoms with E-state index in [9.17, 15) is 19.5 Å². The van der Waals surface area contributed by atoms with Crippen LogP contribution in [0.25, 0.3) is 0 Å². The van der Waals surface area contributed by atoms with Crippen LogP contribution in [0.3, 0.4) is 0 Å². The number of carbonyl (C=O) groups excluding carboxylic acids is 2. The van der Waals surface area contributed by atoms with E-state index in [1.807, 2.05) is 0 Å². The first kappa shape index (κ1) is 18.7. The van der Waals surface area contributed by atoms with E-state index in [-0.39, 0.29) is 24.5 Å². The first-order valence-electron chi connectivity index (χ1n) is 8.84. The molecule has 2 rings (SSSR count). The van der Waals surface area contributed by atoms with Crippen molar-refractivity contribution in [2.24, 2.45) is 5.92 Å². The number of nitrogens with zero attached hydrogens (tertiary/aromatic N) is 1. The molecular formula is C17H28N2O5. The van der Waals surface area contributed by atoms with Gasteiger partial charge in [-0.1, -0.05) is 12.8 Å². The Balaban J connectivity index is 2.07. The van der Waals surface area contributed by atoms with E-state index in [0.717, 1.165) is 25.7 Å². The van der Waals surface area contributed by atoms with Crippen molar-refractivity contribution >= 4 is 17.8 Å². The van der Waals surface area contributed by atoms with Crippen molar-refractivity contribution in [3.8, 4) is 0 Å². The van der Waals surface area contributed by atoms with E-state index in [0.29, 0.717) is 6.42 Å². The number of hydrogen-bond donors (Lipinski definition) is 2. The molecule has 7 nitrogen and oxygen atoms in total. The van der Waals surface area contributed by atoms with E-state index in [4.69, 9.17) is 4.74 Å². The van der Waals surface area contributed by atoms with Gasteiger partial charge in [-0.25, -0.2) is 4.79 Å². The number of rotatable bonds is 6. The highest BCUT2D eigenvalue weighted by Gasteiger charge is 2.48. The van der Waals surface area contributed by atoms with Crippen molar-refractivity contribution in [2.75, 3.05) is 6.61 Å². The van der Waals surface area contributed by atoms with Gasteiger partial charge in [0.2, 0.25) is 5.91 Å². The molecule has 1 amide bonds. The van der Waals surface area contributed by atoms with Gasteiger partial charge >= 0.3 is 11.9 Å². The summed E-state index contributed by atoms with van der Waals surface area (Å²) in [6.07, 6.45) is 4.51. The molecule has 1 aliphatic heterocycles. The third-order valence-electron chi connectivity index (χ3n) is 5.14. The predicted molar refractivity (Wildman–Crippen MR) is 87.3 cm³/mol. The van der Waals surface area contributed by atoms with Crippen molar-refractivity contribution in [3.63, 3.8) is 0 Å². The maximum atomic E-state index is 12.9. The Kier molecular flexibility index (Phi) is 6.21. The molecule has 24 heavy (non-hydrogen) atoms. The first-order chi connectivity index (χ1) is 11.4. The summed E-state index contributed by atoms with van der Waals surface area (Å²) >= 11 is 0. The molecule has 2 aliphatic rings. The summed E-state index contributed by atoms with van der Waals surface area (Å²) < 4.78 is 4.93. The fraction of sp³-hybridized carbons (Fsp3) is 0.824. The molecule has 7 heteroatoms. The third kappa shape index (κ3) is 3.88. The standard InChI is InChI=1S/C17H28N2O5/c1-4-24-17(23)11(3)18-10(2)15(20)19-13-8-6-5-7-12(13)9-14(19)16(21)22/h10-14,18H,4-9H2,1-3H3,(H,21,22)/t10-,11-,12+,13+,14+/m1/s1. The molecule has 1 aliphatic carbocycles. The number of aliphatic carboxylic acids is 1. The normalized spacial score (nSPS) is 28.8. The minimum Gasteiger partial charge on any atom is -0.480 e. The number of esters is 1. The number of likely N-dealkylation sites (tertiary alicyclic amines) is 1. The first-order valence-corrected chi connectivity index (χ1v) is 8.84.